The van der Waals surface area contributed by atoms with Gasteiger partial charge in [-0.25, -0.2) is 15.8 Å². The predicted octanol–water partition coefficient (Wildman–Crippen LogP) is -0.00880. The van der Waals surface area contributed by atoms with Crippen molar-refractivity contribution in [2.24, 2.45) is 5.84 Å². The molecule has 0 fully saturated rings. The Bertz CT molecular complexity index is 347. The van der Waals surface area contributed by atoms with E-state index in [2.05, 4.69) is 15.4 Å². The van der Waals surface area contributed by atoms with Crippen LogP contribution in [0.15, 0.2) is 6.07 Å². The Morgan fingerprint density at radius 2 is 2.12 bits per heavy atom. The smallest absolute Gasteiger partial charge is 0.158 e. The SMILES string of the molecule is COCCN(C)c1cc(NN)nc(COC)n1. The van der Waals surface area contributed by atoms with E-state index in [4.69, 9.17) is 15.3 Å². The summed E-state index contributed by atoms with van der Waals surface area (Å²) in [7, 11) is 5.19. The monoisotopic (exact) mass is 241 g/mol. The van der Waals surface area contributed by atoms with Gasteiger partial charge in [0.2, 0.25) is 0 Å². The lowest BCUT2D eigenvalue weighted by Crippen LogP contribution is -2.24. The van der Waals surface area contributed by atoms with Gasteiger partial charge in [0.25, 0.3) is 0 Å². The highest BCUT2D eigenvalue weighted by Crippen LogP contribution is 2.14. The number of nitrogens with one attached hydrogen (secondary N) is 1. The molecule has 0 aromatic carbocycles. The van der Waals surface area contributed by atoms with Crippen molar-refractivity contribution in [3.8, 4) is 0 Å². The van der Waals surface area contributed by atoms with E-state index in [0.717, 1.165) is 12.4 Å². The Morgan fingerprint density at radius 1 is 1.35 bits per heavy atom. The minimum Gasteiger partial charge on any atom is -0.383 e. The van der Waals surface area contributed by atoms with Crippen LogP contribution in [-0.4, -0.2) is 44.4 Å². The van der Waals surface area contributed by atoms with Gasteiger partial charge in [0.05, 0.1) is 6.61 Å². The summed E-state index contributed by atoms with van der Waals surface area (Å²) in [6.07, 6.45) is 0. The minimum atomic E-state index is 0.348. The molecule has 0 atom stereocenters. The normalized spacial score (nSPS) is 10.4. The molecule has 0 aliphatic heterocycles. The maximum absolute atomic E-state index is 5.36. The molecule has 17 heavy (non-hydrogen) atoms. The zero-order chi connectivity index (χ0) is 12.7. The quantitative estimate of drug-likeness (QED) is 0.513. The lowest BCUT2D eigenvalue weighted by atomic mass is 10.4. The Morgan fingerprint density at radius 3 is 2.71 bits per heavy atom. The average Bonchev–Trinajstić information content (AvgIpc) is 2.35. The molecule has 0 saturated heterocycles. The second kappa shape index (κ2) is 7.00. The molecule has 1 aromatic rings. The summed E-state index contributed by atoms with van der Waals surface area (Å²) in [5, 5.41) is 0. The molecule has 0 aliphatic rings. The maximum Gasteiger partial charge on any atom is 0.158 e. The fourth-order valence-electron chi connectivity index (χ4n) is 1.29. The van der Waals surface area contributed by atoms with Crippen LogP contribution in [0, 0.1) is 0 Å². The van der Waals surface area contributed by atoms with Crippen LogP contribution in [-0.2, 0) is 16.1 Å². The highest BCUT2D eigenvalue weighted by molar-refractivity contribution is 5.48. The van der Waals surface area contributed by atoms with Crippen LogP contribution in [0.3, 0.4) is 0 Å². The van der Waals surface area contributed by atoms with Gasteiger partial charge in [-0.05, 0) is 0 Å². The summed E-state index contributed by atoms with van der Waals surface area (Å²) in [6, 6.07) is 1.77. The average molecular weight is 241 g/mol. The molecule has 0 unspecified atom stereocenters. The minimum absolute atomic E-state index is 0.348. The van der Waals surface area contributed by atoms with Crippen LogP contribution in [0.4, 0.5) is 11.6 Å². The molecule has 1 rings (SSSR count). The van der Waals surface area contributed by atoms with E-state index in [1.165, 1.54) is 0 Å². The Kier molecular flexibility index (Phi) is 5.61. The number of methoxy groups -OCH3 is 2. The van der Waals surface area contributed by atoms with Crippen LogP contribution in [0.1, 0.15) is 5.82 Å². The van der Waals surface area contributed by atoms with Crippen LogP contribution in [0.5, 0.6) is 0 Å². The van der Waals surface area contributed by atoms with Crippen LogP contribution in [0.25, 0.3) is 0 Å². The van der Waals surface area contributed by atoms with Gasteiger partial charge < -0.3 is 19.8 Å². The van der Waals surface area contributed by atoms with Crippen LogP contribution < -0.4 is 16.2 Å². The molecule has 7 heteroatoms. The van der Waals surface area contributed by atoms with Crippen molar-refractivity contribution in [1.29, 1.82) is 0 Å². The number of nitrogen functional groups attached to an aromatic ring is 1. The van der Waals surface area contributed by atoms with E-state index in [-0.39, 0.29) is 0 Å². The number of nitrogens with two attached hydrogens (primary N) is 1. The van der Waals surface area contributed by atoms with Crippen molar-refractivity contribution in [2.75, 3.05) is 44.7 Å². The van der Waals surface area contributed by atoms with E-state index in [1.807, 2.05) is 11.9 Å². The molecular weight excluding hydrogens is 222 g/mol. The molecular formula is C10H19N5O2. The van der Waals surface area contributed by atoms with Gasteiger partial charge in [-0.15, -0.1) is 0 Å². The summed E-state index contributed by atoms with van der Waals surface area (Å²) in [4.78, 5) is 10.5. The van der Waals surface area contributed by atoms with Crippen molar-refractivity contribution in [1.82, 2.24) is 9.97 Å². The largest absolute Gasteiger partial charge is 0.383 e. The molecule has 0 radical (unpaired) electrons. The summed E-state index contributed by atoms with van der Waals surface area (Å²) < 4.78 is 10.0. The van der Waals surface area contributed by atoms with Crippen molar-refractivity contribution < 1.29 is 9.47 Å². The second-order valence-electron chi connectivity index (χ2n) is 3.52. The number of nitrogens with zero attached hydrogens (tertiary/aromatic N) is 3. The summed E-state index contributed by atoms with van der Waals surface area (Å²) in [5.41, 5.74) is 2.51. The van der Waals surface area contributed by atoms with Gasteiger partial charge in [-0.3, -0.25) is 0 Å². The third-order valence-corrected chi connectivity index (χ3v) is 2.20. The summed E-state index contributed by atoms with van der Waals surface area (Å²) >= 11 is 0. The van der Waals surface area contributed by atoms with Gasteiger partial charge in [-0.1, -0.05) is 0 Å². The third-order valence-electron chi connectivity index (χ3n) is 2.20. The zero-order valence-corrected chi connectivity index (χ0v) is 10.4. The lowest BCUT2D eigenvalue weighted by Gasteiger charge is -2.18. The van der Waals surface area contributed by atoms with E-state index < -0.39 is 0 Å². The molecule has 1 aromatic heterocycles. The highest BCUT2D eigenvalue weighted by atomic mass is 16.5. The number of hydrogen-bond donors (Lipinski definition) is 2. The van der Waals surface area contributed by atoms with E-state index >= 15 is 0 Å². The first-order valence-corrected chi connectivity index (χ1v) is 5.24. The molecule has 0 saturated carbocycles. The Hall–Kier alpha value is -1.44. The van der Waals surface area contributed by atoms with Crippen molar-refractivity contribution >= 4 is 11.6 Å². The van der Waals surface area contributed by atoms with Gasteiger partial charge >= 0.3 is 0 Å². The van der Waals surface area contributed by atoms with E-state index in [9.17, 15) is 0 Å². The van der Waals surface area contributed by atoms with E-state index in [1.54, 1.807) is 20.3 Å². The van der Waals surface area contributed by atoms with Crippen LogP contribution >= 0.6 is 0 Å². The van der Waals surface area contributed by atoms with E-state index in [0.29, 0.717) is 24.9 Å². The second-order valence-corrected chi connectivity index (χ2v) is 3.52. The molecule has 0 spiro atoms. The number of hydrogen-bond acceptors (Lipinski definition) is 7. The number of likely N-dealkylation sites (N-methyl/N-ethyl adjacent to an activating group) is 1. The number of rotatable bonds is 7. The van der Waals surface area contributed by atoms with Crippen molar-refractivity contribution in [3.63, 3.8) is 0 Å². The Balaban J connectivity index is 2.85. The first-order chi connectivity index (χ1) is 8.21. The molecule has 1 heterocycles. The number of anilines is 2. The summed E-state index contributed by atoms with van der Waals surface area (Å²) in [6.45, 7) is 1.72. The number of hydrazine groups is 1. The molecule has 0 aliphatic carbocycles. The molecule has 0 amide bonds. The topological polar surface area (TPSA) is 85.5 Å². The van der Waals surface area contributed by atoms with Crippen molar-refractivity contribution in [2.45, 2.75) is 6.61 Å². The lowest BCUT2D eigenvalue weighted by molar-refractivity contribution is 0.178. The Labute approximate surface area is 101 Å². The van der Waals surface area contributed by atoms with Gasteiger partial charge in [0, 0.05) is 33.9 Å². The maximum atomic E-state index is 5.36. The molecule has 7 nitrogen and oxygen atoms in total. The zero-order valence-electron chi connectivity index (χ0n) is 10.4. The van der Waals surface area contributed by atoms with Crippen LogP contribution in [0.2, 0.25) is 0 Å². The first-order valence-electron chi connectivity index (χ1n) is 5.24. The third kappa shape index (κ3) is 4.14. The molecule has 3 N–H and O–H groups in total. The fourth-order valence-corrected chi connectivity index (χ4v) is 1.29. The fraction of sp³-hybridized carbons (Fsp3) is 0.600. The van der Waals surface area contributed by atoms with Gasteiger partial charge in [0.1, 0.15) is 18.2 Å². The number of ether oxygens (including phenoxy) is 2. The first kappa shape index (κ1) is 13.6. The molecule has 96 valence electrons. The van der Waals surface area contributed by atoms with Gasteiger partial charge in [0.15, 0.2) is 5.82 Å². The molecule has 0 bridgehead atoms. The number of aromatic nitrogens is 2. The summed E-state index contributed by atoms with van der Waals surface area (Å²) in [5.74, 6) is 7.28. The standard InChI is InChI=1S/C10H19N5O2/c1-15(4-5-16-2)10-6-8(14-11)12-9(13-10)7-17-3/h6H,4-5,7,11H2,1-3H3,(H,12,13,14). The predicted molar refractivity (Wildman–Crippen MR) is 65.7 cm³/mol. The van der Waals surface area contributed by atoms with Gasteiger partial charge in [-0.2, -0.15) is 0 Å². The van der Waals surface area contributed by atoms with Crippen molar-refractivity contribution in [3.05, 3.63) is 11.9 Å². The highest BCUT2D eigenvalue weighted by Gasteiger charge is 2.07.